The van der Waals surface area contributed by atoms with Gasteiger partial charge >= 0.3 is 0 Å². The van der Waals surface area contributed by atoms with Crippen molar-refractivity contribution < 1.29 is 4.79 Å². The van der Waals surface area contributed by atoms with Crippen molar-refractivity contribution >= 4 is 28.9 Å². The number of aryl methyl sites for hydroxylation is 1. The Hall–Kier alpha value is -2.85. The monoisotopic (exact) mass is 365 g/mol. The van der Waals surface area contributed by atoms with Crippen molar-refractivity contribution in [2.45, 2.75) is 13.3 Å². The molecule has 0 aliphatic carbocycles. The van der Waals surface area contributed by atoms with Crippen molar-refractivity contribution in [1.29, 1.82) is 0 Å². The van der Waals surface area contributed by atoms with Gasteiger partial charge in [0.25, 0.3) is 5.91 Å². The first-order chi connectivity index (χ1) is 12.6. The van der Waals surface area contributed by atoms with Gasteiger partial charge in [0.2, 0.25) is 0 Å². The average molecular weight is 366 g/mol. The maximum Gasteiger partial charge on any atom is 0.269 e. The number of anilines is 2. The Morgan fingerprint density at radius 2 is 1.85 bits per heavy atom. The van der Waals surface area contributed by atoms with Crippen LogP contribution in [-0.2, 0) is 6.42 Å². The Morgan fingerprint density at radius 1 is 1.04 bits per heavy atom. The van der Waals surface area contributed by atoms with Crippen molar-refractivity contribution in [2.75, 3.05) is 11.9 Å². The van der Waals surface area contributed by atoms with Crippen LogP contribution in [0.15, 0.2) is 66.9 Å². The molecule has 0 spiro atoms. The van der Waals surface area contributed by atoms with Crippen LogP contribution in [0.3, 0.4) is 0 Å². The van der Waals surface area contributed by atoms with E-state index in [9.17, 15) is 4.79 Å². The minimum Gasteiger partial charge on any atom is -0.354 e. The minimum atomic E-state index is -0.180. The molecule has 4 nitrogen and oxygen atoms in total. The van der Waals surface area contributed by atoms with Gasteiger partial charge in [-0.25, -0.2) is 4.98 Å². The number of aromatic nitrogens is 1. The molecule has 5 heteroatoms. The molecule has 0 saturated carbocycles. The fraction of sp³-hybridized carbons (Fsp3) is 0.143. The normalized spacial score (nSPS) is 10.4. The number of nitrogens with zero attached hydrogens (tertiary/aromatic N) is 1. The van der Waals surface area contributed by atoms with Crippen molar-refractivity contribution in [3.63, 3.8) is 0 Å². The van der Waals surface area contributed by atoms with Crippen LogP contribution in [0, 0.1) is 6.92 Å². The molecular weight excluding hydrogens is 346 g/mol. The summed E-state index contributed by atoms with van der Waals surface area (Å²) in [5.74, 6) is -0.180. The number of carbonyl (C=O) groups excluding carboxylic acids is 1. The number of hydrogen-bond acceptors (Lipinski definition) is 3. The highest BCUT2D eigenvalue weighted by Crippen LogP contribution is 2.17. The largest absolute Gasteiger partial charge is 0.354 e. The smallest absolute Gasteiger partial charge is 0.269 e. The summed E-state index contributed by atoms with van der Waals surface area (Å²) in [5, 5.41) is 6.87. The van der Waals surface area contributed by atoms with Gasteiger partial charge in [-0.1, -0.05) is 35.9 Å². The van der Waals surface area contributed by atoms with Gasteiger partial charge in [-0.2, -0.15) is 0 Å². The van der Waals surface area contributed by atoms with E-state index in [-0.39, 0.29) is 5.91 Å². The Kier molecular flexibility index (Phi) is 5.87. The van der Waals surface area contributed by atoms with Crippen LogP contribution in [0.2, 0.25) is 5.02 Å². The summed E-state index contributed by atoms with van der Waals surface area (Å²) in [4.78, 5) is 16.4. The average Bonchev–Trinajstić information content (AvgIpc) is 2.64. The zero-order valence-corrected chi connectivity index (χ0v) is 15.3. The Labute approximate surface area is 158 Å². The number of rotatable bonds is 6. The number of carbonyl (C=O) groups is 1. The van der Waals surface area contributed by atoms with Crippen LogP contribution < -0.4 is 10.6 Å². The molecule has 3 rings (SSSR count). The molecule has 0 aliphatic heterocycles. The fourth-order valence-corrected chi connectivity index (χ4v) is 2.68. The lowest BCUT2D eigenvalue weighted by molar-refractivity contribution is 0.0949. The highest BCUT2D eigenvalue weighted by atomic mass is 35.5. The molecule has 132 valence electrons. The van der Waals surface area contributed by atoms with Crippen LogP contribution in [0.4, 0.5) is 11.4 Å². The van der Waals surface area contributed by atoms with E-state index in [4.69, 9.17) is 11.6 Å². The van der Waals surface area contributed by atoms with E-state index in [1.165, 1.54) is 5.56 Å². The second-order valence-corrected chi connectivity index (χ2v) is 6.50. The summed E-state index contributed by atoms with van der Waals surface area (Å²) in [6, 6.07) is 19.3. The van der Waals surface area contributed by atoms with E-state index in [0.29, 0.717) is 17.3 Å². The number of pyridine rings is 1. The van der Waals surface area contributed by atoms with Crippen LogP contribution in [-0.4, -0.2) is 17.4 Å². The third kappa shape index (κ3) is 5.07. The Bertz CT molecular complexity index is 877. The molecule has 2 aromatic carbocycles. The molecule has 0 bridgehead atoms. The van der Waals surface area contributed by atoms with Crippen molar-refractivity contribution in [1.82, 2.24) is 10.3 Å². The van der Waals surface area contributed by atoms with Gasteiger partial charge < -0.3 is 10.6 Å². The first-order valence-corrected chi connectivity index (χ1v) is 8.80. The molecular formula is C21H20ClN3O. The van der Waals surface area contributed by atoms with E-state index in [1.54, 1.807) is 12.3 Å². The molecule has 0 fully saturated rings. The maximum atomic E-state index is 12.2. The zero-order valence-electron chi connectivity index (χ0n) is 14.5. The molecule has 1 heterocycles. The molecule has 0 saturated heterocycles. The highest BCUT2D eigenvalue weighted by Gasteiger charge is 2.07. The van der Waals surface area contributed by atoms with Crippen molar-refractivity contribution in [3.05, 3.63) is 88.7 Å². The molecule has 0 unspecified atom stereocenters. The predicted molar refractivity (Wildman–Crippen MR) is 106 cm³/mol. The molecule has 2 N–H and O–H groups in total. The number of amides is 1. The number of halogens is 1. The molecule has 1 aromatic heterocycles. The maximum absolute atomic E-state index is 12.2. The van der Waals surface area contributed by atoms with Gasteiger partial charge in [0.1, 0.15) is 5.69 Å². The quantitative estimate of drug-likeness (QED) is 0.662. The predicted octanol–water partition coefficient (Wildman–Crippen LogP) is 4.76. The summed E-state index contributed by atoms with van der Waals surface area (Å²) in [6.07, 6.45) is 2.41. The van der Waals surface area contributed by atoms with Gasteiger partial charge in [0, 0.05) is 17.3 Å². The SMILES string of the molecule is Cc1cccc(Nc2ccc(C(=O)NCCc3ccc(Cl)cc3)nc2)c1. The first kappa shape index (κ1) is 18.0. The molecule has 0 radical (unpaired) electrons. The Balaban J connectivity index is 1.52. The van der Waals surface area contributed by atoms with Crippen LogP contribution in [0.25, 0.3) is 0 Å². The number of hydrogen-bond donors (Lipinski definition) is 2. The summed E-state index contributed by atoms with van der Waals surface area (Å²) < 4.78 is 0. The standard InChI is InChI=1S/C21H20ClN3O/c1-15-3-2-4-18(13-15)25-19-9-10-20(24-14-19)21(26)23-12-11-16-5-7-17(22)8-6-16/h2-10,13-14,25H,11-12H2,1H3,(H,23,26). The lowest BCUT2D eigenvalue weighted by Gasteiger charge is -2.08. The van der Waals surface area contributed by atoms with E-state index in [2.05, 4.69) is 21.7 Å². The number of nitrogens with one attached hydrogen (secondary N) is 2. The van der Waals surface area contributed by atoms with E-state index in [0.717, 1.165) is 23.4 Å². The Morgan fingerprint density at radius 3 is 2.54 bits per heavy atom. The highest BCUT2D eigenvalue weighted by molar-refractivity contribution is 6.30. The molecule has 26 heavy (non-hydrogen) atoms. The second kappa shape index (κ2) is 8.50. The molecule has 0 aliphatic rings. The van der Waals surface area contributed by atoms with Gasteiger partial charge in [0.05, 0.1) is 11.9 Å². The van der Waals surface area contributed by atoms with Gasteiger partial charge in [-0.3, -0.25) is 4.79 Å². The van der Waals surface area contributed by atoms with Crippen molar-refractivity contribution in [2.24, 2.45) is 0 Å². The van der Waals surface area contributed by atoms with Crippen molar-refractivity contribution in [3.8, 4) is 0 Å². The minimum absolute atomic E-state index is 0.180. The van der Waals surface area contributed by atoms with Gasteiger partial charge in [0.15, 0.2) is 0 Å². The van der Waals surface area contributed by atoms with E-state index >= 15 is 0 Å². The molecule has 1 amide bonds. The van der Waals surface area contributed by atoms with E-state index < -0.39 is 0 Å². The summed E-state index contributed by atoms with van der Waals surface area (Å²) in [7, 11) is 0. The third-order valence-electron chi connectivity index (χ3n) is 3.92. The fourth-order valence-electron chi connectivity index (χ4n) is 2.55. The lowest BCUT2D eigenvalue weighted by atomic mass is 10.1. The van der Waals surface area contributed by atoms with Gasteiger partial charge in [-0.05, 0) is 60.9 Å². The van der Waals surface area contributed by atoms with E-state index in [1.807, 2.05) is 55.5 Å². The summed E-state index contributed by atoms with van der Waals surface area (Å²) in [5.41, 5.74) is 4.54. The summed E-state index contributed by atoms with van der Waals surface area (Å²) in [6.45, 7) is 2.59. The molecule has 3 aromatic rings. The van der Waals surface area contributed by atoms with Crippen LogP contribution >= 0.6 is 11.6 Å². The summed E-state index contributed by atoms with van der Waals surface area (Å²) >= 11 is 5.86. The second-order valence-electron chi connectivity index (χ2n) is 6.06. The van der Waals surface area contributed by atoms with Gasteiger partial charge in [-0.15, -0.1) is 0 Å². The van der Waals surface area contributed by atoms with Crippen LogP contribution in [0.1, 0.15) is 21.6 Å². The number of benzene rings is 2. The molecule has 0 atom stereocenters. The topological polar surface area (TPSA) is 54.0 Å². The third-order valence-corrected chi connectivity index (χ3v) is 4.17. The zero-order chi connectivity index (χ0) is 18.4. The first-order valence-electron chi connectivity index (χ1n) is 8.42. The van der Waals surface area contributed by atoms with Crippen LogP contribution in [0.5, 0.6) is 0 Å². The lowest BCUT2D eigenvalue weighted by Crippen LogP contribution is -2.26.